The van der Waals surface area contributed by atoms with Gasteiger partial charge in [0.15, 0.2) is 0 Å². The number of nitrogen functional groups attached to an aromatic ring is 1. The van der Waals surface area contributed by atoms with E-state index in [1.165, 1.54) is 0 Å². The van der Waals surface area contributed by atoms with Crippen molar-refractivity contribution in [2.24, 2.45) is 5.92 Å². The molecular weight excluding hydrogens is 202 g/mol. The highest BCUT2D eigenvalue weighted by molar-refractivity contribution is 5.52. The van der Waals surface area contributed by atoms with E-state index in [-0.39, 0.29) is 6.61 Å². The van der Waals surface area contributed by atoms with Crippen LogP contribution in [0.5, 0.6) is 0 Å². The Labute approximate surface area is 96.1 Å². The molecule has 1 unspecified atom stereocenters. The van der Waals surface area contributed by atoms with Gasteiger partial charge in [-0.05, 0) is 37.3 Å². The van der Waals surface area contributed by atoms with Crippen LogP contribution in [0, 0.1) is 12.8 Å². The Balaban J connectivity index is 2.05. The fraction of sp³-hybridized carbons (Fsp3) is 0.583. The molecule has 0 amide bonds. The van der Waals surface area contributed by atoms with Crippen molar-refractivity contribution < 1.29 is 5.11 Å². The Bertz CT molecular complexity index is 367. The molecule has 4 nitrogen and oxygen atoms in total. The molecule has 2 heterocycles. The van der Waals surface area contributed by atoms with Crippen LogP contribution in [0.3, 0.4) is 0 Å². The summed E-state index contributed by atoms with van der Waals surface area (Å²) in [6.07, 6.45) is 3.76. The van der Waals surface area contributed by atoms with E-state index in [0.29, 0.717) is 5.92 Å². The van der Waals surface area contributed by atoms with Crippen LogP contribution in [-0.4, -0.2) is 29.8 Å². The molecule has 16 heavy (non-hydrogen) atoms. The van der Waals surface area contributed by atoms with Gasteiger partial charge in [-0.25, -0.2) is 4.98 Å². The maximum atomic E-state index is 8.91. The first-order chi connectivity index (χ1) is 7.70. The predicted molar refractivity (Wildman–Crippen MR) is 65.4 cm³/mol. The summed E-state index contributed by atoms with van der Waals surface area (Å²) in [5, 5.41) is 8.91. The molecule has 4 heteroatoms. The molecule has 2 rings (SSSR count). The highest BCUT2D eigenvalue weighted by atomic mass is 16.3. The molecule has 0 saturated carbocycles. The van der Waals surface area contributed by atoms with Gasteiger partial charge in [-0.2, -0.15) is 0 Å². The third kappa shape index (κ3) is 2.27. The molecule has 1 saturated heterocycles. The van der Waals surface area contributed by atoms with Crippen molar-refractivity contribution in [1.29, 1.82) is 0 Å². The summed E-state index contributed by atoms with van der Waals surface area (Å²) in [5.41, 5.74) is 7.57. The highest BCUT2D eigenvalue weighted by Crippen LogP contribution is 2.25. The van der Waals surface area contributed by atoms with Gasteiger partial charge in [-0.1, -0.05) is 0 Å². The molecule has 1 atom stereocenters. The fourth-order valence-electron chi connectivity index (χ4n) is 2.18. The topological polar surface area (TPSA) is 62.4 Å². The Morgan fingerprint density at radius 3 is 3.12 bits per heavy atom. The largest absolute Gasteiger partial charge is 0.397 e. The second kappa shape index (κ2) is 4.70. The highest BCUT2D eigenvalue weighted by Gasteiger charge is 2.22. The summed E-state index contributed by atoms with van der Waals surface area (Å²) in [5.74, 6) is 1.61. The van der Waals surface area contributed by atoms with Crippen LogP contribution in [0.25, 0.3) is 0 Å². The van der Waals surface area contributed by atoms with Gasteiger partial charge in [-0.3, -0.25) is 0 Å². The van der Waals surface area contributed by atoms with Crippen LogP contribution >= 0.6 is 0 Å². The number of hydrogen-bond acceptors (Lipinski definition) is 4. The van der Waals surface area contributed by atoms with E-state index in [2.05, 4.69) is 9.88 Å². The van der Waals surface area contributed by atoms with E-state index in [1.807, 2.05) is 13.0 Å². The summed E-state index contributed by atoms with van der Waals surface area (Å²) in [7, 11) is 0. The fourth-order valence-corrected chi connectivity index (χ4v) is 2.18. The zero-order valence-corrected chi connectivity index (χ0v) is 9.69. The molecule has 0 spiro atoms. The number of aliphatic hydroxyl groups excluding tert-OH is 1. The lowest BCUT2D eigenvalue weighted by molar-refractivity contribution is 0.263. The molecular formula is C12H19N3O. The van der Waals surface area contributed by atoms with Crippen molar-refractivity contribution in [3.05, 3.63) is 17.8 Å². The summed E-state index contributed by atoms with van der Waals surface area (Å²) < 4.78 is 0. The zero-order chi connectivity index (χ0) is 11.5. The number of nitrogens with two attached hydrogens (primary N) is 1. The van der Waals surface area contributed by atoms with Gasteiger partial charge in [0.2, 0.25) is 0 Å². The second-order valence-electron chi connectivity index (χ2n) is 4.51. The Hall–Kier alpha value is -1.29. The van der Waals surface area contributed by atoms with E-state index >= 15 is 0 Å². The van der Waals surface area contributed by atoms with Gasteiger partial charge < -0.3 is 15.7 Å². The van der Waals surface area contributed by atoms with Gasteiger partial charge in [0.25, 0.3) is 0 Å². The van der Waals surface area contributed by atoms with Crippen LogP contribution in [-0.2, 0) is 0 Å². The van der Waals surface area contributed by atoms with E-state index in [9.17, 15) is 0 Å². The van der Waals surface area contributed by atoms with Crippen molar-refractivity contribution in [3.63, 3.8) is 0 Å². The monoisotopic (exact) mass is 221 g/mol. The van der Waals surface area contributed by atoms with Crippen molar-refractivity contribution in [3.8, 4) is 0 Å². The molecule has 1 fully saturated rings. The van der Waals surface area contributed by atoms with Gasteiger partial charge in [-0.15, -0.1) is 0 Å². The minimum atomic E-state index is 0.284. The molecule has 1 aromatic heterocycles. The lowest BCUT2D eigenvalue weighted by Gasteiger charge is -2.18. The normalized spacial score (nSPS) is 20.4. The lowest BCUT2D eigenvalue weighted by atomic mass is 10.1. The van der Waals surface area contributed by atoms with E-state index < -0.39 is 0 Å². The van der Waals surface area contributed by atoms with Gasteiger partial charge in [0.05, 0.1) is 11.9 Å². The van der Waals surface area contributed by atoms with Crippen LogP contribution in [0.4, 0.5) is 11.5 Å². The molecule has 3 N–H and O–H groups in total. The Morgan fingerprint density at radius 2 is 2.44 bits per heavy atom. The third-order valence-electron chi connectivity index (χ3n) is 3.28. The van der Waals surface area contributed by atoms with Gasteiger partial charge >= 0.3 is 0 Å². The Morgan fingerprint density at radius 1 is 1.62 bits per heavy atom. The van der Waals surface area contributed by atoms with Crippen LogP contribution in [0.15, 0.2) is 12.3 Å². The molecule has 1 aliphatic rings. The first-order valence-corrected chi connectivity index (χ1v) is 5.78. The number of aryl methyl sites for hydroxylation is 1. The van der Waals surface area contributed by atoms with Crippen molar-refractivity contribution in [1.82, 2.24) is 4.98 Å². The van der Waals surface area contributed by atoms with Crippen molar-refractivity contribution >= 4 is 11.5 Å². The summed E-state index contributed by atoms with van der Waals surface area (Å²) in [6.45, 7) is 4.31. The number of rotatable bonds is 3. The SMILES string of the molecule is Cc1cc(N2CCC(CCO)C2)ncc1N. The van der Waals surface area contributed by atoms with Crippen LogP contribution < -0.4 is 10.6 Å². The first-order valence-electron chi connectivity index (χ1n) is 5.78. The second-order valence-corrected chi connectivity index (χ2v) is 4.51. The number of pyridine rings is 1. The maximum Gasteiger partial charge on any atom is 0.128 e. The lowest BCUT2D eigenvalue weighted by Crippen LogP contribution is -2.21. The summed E-state index contributed by atoms with van der Waals surface area (Å²) in [6, 6.07) is 2.04. The van der Waals surface area contributed by atoms with E-state index in [1.54, 1.807) is 6.20 Å². The quantitative estimate of drug-likeness (QED) is 0.804. The minimum Gasteiger partial charge on any atom is -0.397 e. The average molecular weight is 221 g/mol. The van der Waals surface area contributed by atoms with Crippen LogP contribution in [0.2, 0.25) is 0 Å². The number of anilines is 2. The van der Waals surface area contributed by atoms with Crippen molar-refractivity contribution in [2.45, 2.75) is 19.8 Å². The summed E-state index contributed by atoms with van der Waals surface area (Å²) in [4.78, 5) is 6.62. The maximum absolute atomic E-state index is 8.91. The molecule has 1 aromatic rings. The number of nitrogens with zero attached hydrogens (tertiary/aromatic N) is 2. The van der Waals surface area contributed by atoms with E-state index in [4.69, 9.17) is 10.8 Å². The molecule has 1 aliphatic heterocycles. The molecule has 0 aliphatic carbocycles. The van der Waals surface area contributed by atoms with Crippen molar-refractivity contribution in [2.75, 3.05) is 30.3 Å². The van der Waals surface area contributed by atoms with Crippen LogP contribution in [0.1, 0.15) is 18.4 Å². The standard InChI is InChI=1S/C12H19N3O/c1-9-6-12(14-7-11(9)13)15-4-2-10(8-15)3-5-16/h6-7,10,16H,2-5,8,13H2,1H3. The predicted octanol–water partition coefficient (Wildman–Crippen LogP) is 1.18. The molecule has 88 valence electrons. The average Bonchev–Trinajstić information content (AvgIpc) is 2.71. The molecule has 0 radical (unpaired) electrons. The molecule has 0 aromatic carbocycles. The number of aromatic nitrogens is 1. The number of hydrogen-bond donors (Lipinski definition) is 2. The van der Waals surface area contributed by atoms with Gasteiger partial charge in [0.1, 0.15) is 5.82 Å². The zero-order valence-electron chi connectivity index (χ0n) is 9.69. The minimum absolute atomic E-state index is 0.284. The molecule has 0 bridgehead atoms. The van der Waals surface area contributed by atoms with E-state index in [0.717, 1.165) is 43.0 Å². The summed E-state index contributed by atoms with van der Waals surface area (Å²) >= 11 is 0. The Kier molecular flexibility index (Phi) is 3.29. The number of aliphatic hydroxyl groups is 1. The smallest absolute Gasteiger partial charge is 0.128 e. The third-order valence-corrected chi connectivity index (χ3v) is 3.28. The first kappa shape index (κ1) is 11.2. The van der Waals surface area contributed by atoms with Gasteiger partial charge in [0, 0.05) is 19.7 Å².